The van der Waals surface area contributed by atoms with Gasteiger partial charge in [-0.3, -0.25) is 4.79 Å². The van der Waals surface area contributed by atoms with Crippen LogP contribution in [0.2, 0.25) is 0 Å². The minimum atomic E-state index is -0.342. The Kier molecular flexibility index (Phi) is 5.36. The lowest BCUT2D eigenvalue weighted by Gasteiger charge is -2.10. The van der Waals surface area contributed by atoms with Crippen LogP contribution in [0.5, 0.6) is 5.88 Å². The highest BCUT2D eigenvalue weighted by atomic mass is 16.5. The number of rotatable bonds is 7. The Morgan fingerprint density at radius 3 is 2.54 bits per heavy atom. The zero-order chi connectivity index (χ0) is 18.5. The van der Waals surface area contributed by atoms with E-state index in [0.29, 0.717) is 19.1 Å². The van der Waals surface area contributed by atoms with Crippen LogP contribution < -0.4 is 4.74 Å². The second-order valence-electron chi connectivity index (χ2n) is 5.90. The first-order valence-electron chi connectivity index (χ1n) is 8.50. The Labute approximate surface area is 152 Å². The summed E-state index contributed by atoms with van der Waals surface area (Å²) in [5.41, 5.74) is 3.56. The van der Waals surface area contributed by atoms with E-state index in [0.717, 1.165) is 22.8 Å². The Balaban J connectivity index is 1.77. The minimum Gasteiger partial charge on any atom is -0.471 e. The highest BCUT2D eigenvalue weighted by Crippen LogP contribution is 2.18. The van der Waals surface area contributed by atoms with Crippen LogP contribution >= 0.6 is 0 Å². The molecule has 0 bridgehead atoms. The van der Waals surface area contributed by atoms with Crippen LogP contribution in [0.4, 0.5) is 0 Å². The number of carbonyl (C=O) groups is 1. The lowest BCUT2D eigenvalue weighted by atomic mass is 10.3. The molecule has 0 saturated carbocycles. The third-order valence-electron chi connectivity index (χ3n) is 3.72. The highest BCUT2D eigenvalue weighted by molar-refractivity contribution is 5.69. The van der Waals surface area contributed by atoms with E-state index in [1.54, 1.807) is 13.0 Å². The summed E-state index contributed by atoms with van der Waals surface area (Å²) in [6, 6.07) is 13.7. The van der Waals surface area contributed by atoms with Crippen LogP contribution in [0.15, 0.2) is 42.5 Å². The number of para-hydroxylation sites is 1. The van der Waals surface area contributed by atoms with E-state index in [4.69, 9.17) is 9.47 Å². The number of hydrogen-bond donors (Lipinski definition) is 0. The van der Waals surface area contributed by atoms with Gasteiger partial charge >= 0.3 is 5.97 Å². The molecule has 0 aliphatic carbocycles. The third-order valence-corrected chi connectivity index (χ3v) is 3.72. The summed E-state index contributed by atoms with van der Waals surface area (Å²) in [5, 5.41) is 8.83. The monoisotopic (exact) mass is 354 g/mol. The number of esters is 1. The van der Waals surface area contributed by atoms with Gasteiger partial charge < -0.3 is 9.47 Å². The van der Waals surface area contributed by atoms with Crippen molar-refractivity contribution in [2.75, 3.05) is 6.61 Å². The fourth-order valence-electron chi connectivity index (χ4n) is 2.68. The van der Waals surface area contributed by atoms with Crippen molar-refractivity contribution in [1.82, 2.24) is 19.6 Å². The average molecular weight is 354 g/mol. The van der Waals surface area contributed by atoms with Crippen LogP contribution in [0, 0.1) is 13.8 Å². The van der Waals surface area contributed by atoms with Crippen molar-refractivity contribution in [3.63, 3.8) is 0 Å². The van der Waals surface area contributed by atoms with E-state index in [1.807, 2.05) is 54.9 Å². The topological polar surface area (TPSA) is 71.2 Å². The number of aryl methyl sites for hydroxylation is 2. The molecule has 1 aromatic carbocycles. The smallest absolute Gasteiger partial charge is 0.327 e. The molecule has 3 aromatic rings. The molecule has 26 heavy (non-hydrogen) atoms. The van der Waals surface area contributed by atoms with Gasteiger partial charge in [0.15, 0.2) is 0 Å². The molecule has 7 heteroatoms. The molecule has 0 amide bonds. The maximum absolute atomic E-state index is 11.7. The number of ether oxygens (including phenoxy) is 2. The Hall–Kier alpha value is -3.09. The molecule has 0 radical (unpaired) electrons. The predicted molar refractivity (Wildman–Crippen MR) is 96.2 cm³/mol. The van der Waals surface area contributed by atoms with Gasteiger partial charge in [0.05, 0.1) is 29.4 Å². The van der Waals surface area contributed by atoms with E-state index in [-0.39, 0.29) is 12.5 Å². The van der Waals surface area contributed by atoms with Gasteiger partial charge in [0.25, 0.3) is 0 Å². The van der Waals surface area contributed by atoms with Crippen molar-refractivity contribution in [3.05, 3.63) is 59.5 Å². The first-order chi connectivity index (χ1) is 12.6. The number of nitrogens with zero attached hydrogens (tertiary/aromatic N) is 4. The molecule has 2 aromatic heterocycles. The Morgan fingerprint density at radius 1 is 1.08 bits per heavy atom. The summed E-state index contributed by atoms with van der Waals surface area (Å²) in [6.45, 7) is 6.24. The molecule has 0 fully saturated rings. The summed E-state index contributed by atoms with van der Waals surface area (Å²) in [5.74, 6) is 0.180. The van der Waals surface area contributed by atoms with E-state index in [2.05, 4.69) is 10.2 Å². The van der Waals surface area contributed by atoms with E-state index < -0.39 is 0 Å². The van der Waals surface area contributed by atoms with Crippen molar-refractivity contribution < 1.29 is 14.3 Å². The summed E-state index contributed by atoms with van der Waals surface area (Å²) in [4.78, 5) is 11.7. The van der Waals surface area contributed by atoms with Gasteiger partial charge in [0, 0.05) is 6.07 Å². The molecule has 7 nitrogen and oxygen atoms in total. The quantitative estimate of drug-likeness (QED) is 0.610. The molecule has 0 saturated heterocycles. The van der Waals surface area contributed by atoms with Gasteiger partial charge in [-0.05, 0) is 39.0 Å². The lowest BCUT2D eigenvalue weighted by Crippen LogP contribution is -2.16. The zero-order valence-corrected chi connectivity index (χ0v) is 15.2. The number of carbonyl (C=O) groups excluding carboxylic acids is 1. The maximum Gasteiger partial charge on any atom is 0.327 e. The van der Waals surface area contributed by atoms with Gasteiger partial charge in [-0.2, -0.15) is 10.2 Å². The summed E-state index contributed by atoms with van der Waals surface area (Å²) in [6.07, 6.45) is 0. The fraction of sp³-hybridized carbons (Fsp3) is 0.316. The van der Waals surface area contributed by atoms with Crippen molar-refractivity contribution in [2.45, 2.75) is 33.9 Å². The first kappa shape index (κ1) is 17.7. The molecule has 136 valence electrons. The van der Waals surface area contributed by atoms with Gasteiger partial charge in [-0.25, -0.2) is 9.36 Å². The standard InChI is InChI=1S/C19H22N4O3/c1-4-25-19(24)12-22-18(11-15(3)20-22)26-13-17-10-14(2)21-23(17)16-8-6-5-7-9-16/h5-11H,4,12-13H2,1-3H3. The molecule has 0 aliphatic rings. The summed E-state index contributed by atoms with van der Waals surface area (Å²) >= 11 is 0. The number of aromatic nitrogens is 4. The fourth-order valence-corrected chi connectivity index (χ4v) is 2.68. The van der Waals surface area contributed by atoms with Gasteiger partial charge in [-0.15, -0.1) is 0 Å². The van der Waals surface area contributed by atoms with Crippen LogP contribution in [0.3, 0.4) is 0 Å². The summed E-state index contributed by atoms with van der Waals surface area (Å²) in [7, 11) is 0. The van der Waals surface area contributed by atoms with Crippen molar-refractivity contribution in [3.8, 4) is 11.6 Å². The van der Waals surface area contributed by atoms with Crippen LogP contribution in [0.25, 0.3) is 5.69 Å². The summed E-state index contributed by atoms with van der Waals surface area (Å²) < 4.78 is 14.3. The molecular formula is C19H22N4O3. The first-order valence-corrected chi connectivity index (χ1v) is 8.50. The van der Waals surface area contributed by atoms with Crippen LogP contribution in [-0.2, 0) is 22.7 Å². The SMILES string of the molecule is CCOC(=O)Cn1nc(C)cc1OCc1cc(C)nn1-c1ccccc1. The van der Waals surface area contributed by atoms with Crippen LogP contribution in [-0.4, -0.2) is 32.1 Å². The van der Waals surface area contributed by atoms with Gasteiger partial charge in [-0.1, -0.05) is 18.2 Å². The molecular weight excluding hydrogens is 332 g/mol. The van der Waals surface area contributed by atoms with Crippen molar-refractivity contribution in [1.29, 1.82) is 0 Å². The minimum absolute atomic E-state index is 0.0218. The third kappa shape index (κ3) is 4.11. The molecule has 0 atom stereocenters. The predicted octanol–water partition coefficient (Wildman–Crippen LogP) is 2.83. The van der Waals surface area contributed by atoms with E-state index in [1.165, 1.54) is 4.68 Å². The Bertz CT molecular complexity index is 884. The van der Waals surface area contributed by atoms with E-state index >= 15 is 0 Å². The average Bonchev–Trinajstić information content (AvgIpc) is 3.16. The Morgan fingerprint density at radius 2 is 1.81 bits per heavy atom. The largest absolute Gasteiger partial charge is 0.471 e. The van der Waals surface area contributed by atoms with Gasteiger partial charge in [0.2, 0.25) is 5.88 Å². The lowest BCUT2D eigenvalue weighted by molar-refractivity contribution is -0.144. The maximum atomic E-state index is 11.7. The molecule has 0 aliphatic heterocycles. The molecule has 0 N–H and O–H groups in total. The second-order valence-corrected chi connectivity index (χ2v) is 5.90. The van der Waals surface area contributed by atoms with Crippen molar-refractivity contribution >= 4 is 5.97 Å². The number of benzene rings is 1. The molecule has 0 unspecified atom stereocenters. The van der Waals surface area contributed by atoms with E-state index in [9.17, 15) is 4.79 Å². The van der Waals surface area contributed by atoms with Gasteiger partial charge in [0.1, 0.15) is 13.2 Å². The van der Waals surface area contributed by atoms with Crippen LogP contribution in [0.1, 0.15) is 24.0 Å². The second kappa shape index (κ2) is 7.86. The normalized spacial score (nSPS) is 10.7. The highest BCUT2D eigenvalue weighted by Gasteiger charge is 2.14. The molecule has 2 heterocycles. The van der Waals surface area contributed by atoms with Crippen molar-refractivity contribution in [2.24, 2.45) is 0 Å². The molecule has 0 spiro atoms. The number of hydrogen-bond acceptors (Lipinski definition) is 5. The zero-order valence-electron chi connectivity index (χ0n) is 15.2. The molecule has 3 rings (SSSR count).